The van der Waals surface area contributed by atoms with Gasteiger partial charge in [-0.05, 0) is 6.07 Å². The average Bonchev–Trinajstić information content (AvgIpc) is 2.50. The normalized spacial score (nSPS) is 11.8. The molecule has 7 nitrogen and oxygen atoms in total. The molecule has 1 rings (SSSR count). The minimum atomic E-state index is -1.12. The summed E-state index contributed by atoms with van der Waals surface area (Å²) in [5.41, 5.74) is 0.441. The van der Waals surface area contributed by atoms with Crippen molar-refractivity contribution in [2.24, 2.45) is 0 Å². The van der Waals surface area contributed by atoms with E-state index in [1.807, 2.05) is 0 Å². The van der Waals surface area contributed by atoms with Crippen LogP contribution in [0.1, 0.15) is 11.7 Å². The lowest BCUT2D eigenvalue weighted by Crippen LogP contribution is -2.31. The van der Waals surface area contributed by atoms with E-state index >= 15 is 0 Å². The third kappa shape index (κ3) is 5.06. The van der Waals surface area contributed by atoms with E-state index in [1.54, 1.807) is 32.4 Å². The number of hydrogen-bond acceptors (Lipinski definition) is 6. The van der Waals surface area contributed by atoms with Crippen LogP contribution < -0.4 is 0 Å². The maximum Gasteiger partial charge on any atom is 0.332 e. The molecule has 0 spiro atoms. The fourth-order valence-electron chi connectivity index (χ4n) is 1.39. The molecule has 0 N–H and O–H groups in total. The fourth-order valence-corrected chi connectivity index (χ4v) is 1.39. The number of aromatic nitrogens is 1. The zero-order valence-corrected chi connectivity index (χ0v) is 12.0. The van der Waals surface area contributed by atoms with Crippen LogP contribution in [-0.4, -0.2) is 48.9 Å². The number of amides is 1. The summed E-state index contributed by atoms with van der Waals surface area (Å²) in [6.07, 6.45) is 3.67. The van der Waals surface area contributed by atoms with Crippen LogP contribution in [0.4, 0.5) is 0 Å². The van der Waals surface area contributed by atoms with Gasteiger partial charge >= 0.3 is 11.9 Å². The lowest BCUT2D eigenvalue weighted by atomic mass is 10.1. The second-order valence-electron chi connectivity index (χ2n) is 4.19. The van der Waals surface area contributed by atoms with Crippen molar-refractivity contribution < 1.29 is 23.9 Å². The first-order chi connectivity index (χ1) is 9.95. The van der Waals surface area contributed by atoms with Crippen LogP contribution in [-0.2, 0) is 23.9 Å². The molecule has 1 aromatic rings. The summed E-state index contributed by atoms with van der Waals surface area (Å²) in [5.74, 6) is -1.93. The predicted molar refractivity (Wildman–Crippen MR) is 72.9 cm³/mol. The van der Waals surface area contributed by atoms with Crippen molar-refractivity contribution in [3.63, 3.8) is 0 Å². The van der Waals surface area contributed by atoms with Crippen LogP contribution in [0.5, 0.6) is 0 Å². The number of methoxy groups -OCH3 is 1. The molecule has 21 heavy (non-hydrogen) atoms. The summed E-state index contributed by atoms with van der Waals surface area (Å²) in [4.78, 5) is 39.8. The van der Waals surface area contributed by atoms with E-state index < -0.39 is 23.9 Å². The van der Waals surface area contributed by atoms with E-state index in [0.29, 0.717) is 5.56 Å². The quantitative estimate of drug-likeness (QED) is 0.579. The number of carbonyl (C=O) groups excluding carboxylic acids is 3. The number of likely N-dealkylation sites (N-methyl/N-ethyl adjacent to an activating group) is 1. The van der Waals surface area contributed by atoms with Gasteiger partial charge in [-0.2, -0.15) is 0 Å². The Morgan fingerprint density at radius 2 is 1.90 bits per heavy atom. The van der Waals surface area contributed by atoms with Crippen molar-refractivity contribution in [2.75, 3.05) is 21.2 Å². The minimum Gasteiger partial charge on any atom is -0.466 e. The van der Waals surface area contributed by atoms with Gasteiger partial charge in [-0.1, -0.05) is 6.07 Å². The molecule has 0 saturated heterocycles. The number of ether oxygens (including phenoxy) is 2. The van der Waals surface area contributed by atoms with Gasteiger partial charge in [-0.25, -0.2) is 9.59 Å². The lowest BCUT2D eigenvalue weighted by Gasteiger charge is -2.20. The van der Waals surface area contributed by atoms with Crippen molar-refractivity contribution in [2.45, 2.75) is 6.10 Å². The molecule has 0 aliphatic carbocycles. The Morgan fingerprint density at radius 3 is 2.43 bits per heavy atom. The molecule has 1 heterocycles. The highest BCUT2D eigenvalue weighted by atomic mass is 16.5. The minimum absolute atomic E-state index is 0.414. The first-order valence-corrected chi connectivity index (χ1v) is 6.03. The van der Waals surface area contributed by atoms with Crippen LogP contribution in [0.25, 0.3) is 0 Å². The van der Waals surface area contributed by atoms with Crippen LogP contribution in [0.15, 0.2) is 36.7 Å². The topological polar surface area (TPSA) is 85.8 Å². The largest absolute Gasteiger partial charge is 0.466 e. The van der Waals surface area contributed by atoms with Crippen LogP contribution >= 0.6 is 0 Å². The van der Waals surface area contributed by atoms with Crippen molar-refractivity contribution >= 4 is 17.8 Å². The highest BCUT2D eigenvalue weighted by molar-refractivity contribution is 5.93. The highest BCUT2D eigenvalue weighted by Gasteiger charge is 2.26. The van der Waals surface area contributed by atoms with E-state index in [2.05, 4.69) is 9.72 Å². The fraction of sp³-hybridized carbons (Fsp3) is 0.286. The average molecular weight is 292 g/mol. The van der Waals surface area contributed by atoms with Crippen molar-refractivity contribution in [3.8, 4) is 0 Å². The number of esters is 2. The van der Waals surface area contributed by atoms with Gasteiger partial charge in [0.2, 0.25) is 6.10 Å². The molecule has 1 atom stereocenters. The zero-order chi connectivity index (χ0) is 15.8. The van der Waals surface area contributed by atoms with Gasteiger partial charge in [-0.3, -0.25) is 9.78 Å². The summed E-state index contributed by atoms with van der Waals surface area (Å²) in [5, 5.41) is 0. The van der Waals surface area contributed by atoms with Crippen LogP contribution in [0.3, 0.4) is 0 Å². The van der Waals surface area contributed by atoms with Gasteiger partial charge in [0.15, 0.2) is 0 Å². The van der Waals surface area contributed by atoms with Crippen molar-refractivity contribution in [3.05, 3.63) is 42.2 Å². The molecule has 112 valence electrons. The Bertz CT molecular complexity index is 540. The van der Waals surface area contributed by atoms with Gasteiger partial charge in [-0.15, -0.1) is 0 Å². The molecular weight excluding hydrogens is 276 g/mol. The summed E-state index contributed by atoms with van der Waals surface area (Å²) in [6.45, 7) is 0. The van der Waals surface area contributed by atoms with Crippen LogP contribution in [0, 0.1) is 0 Å². The number of carbonyl (C=O) groups is 3. The second kappa shape index (κ2) is 7.78. The number of nitrogens with zero attached hydrogens (tertiary/aromatic N) is 2. The third-order valence-corrected chi connectivity index (χ3v) is 2.44. The Hall–Kier alpha value is -2.70. The maximum absolute atomic E-state index is 12.1. The maximum atomic E-state index is 12.1. The molecule has 0 aliphatic rings. The molecule has 0 radical (unpaired) electrons. The molecule has 0 fully saturated rings. The Morgan fingerprint density at radius 1 is 1.24 bits per heavy atom. The van der Waals surface area contributed by atoms with E-state index in [9.17, 15) is 14.4 Å². The summed E-state index contributed by atoms with van der Waals surface area (Å²) in [7, 11) is 4.28. The molecule has 1 amide bonds. The summed E-state index contributed by atoms with van der Waals surface area (Å²) in [6, 6.07) is 3.25. The molecule has 0 saturated carbocycles. The molecule has 0 bridgehead atoms. The Kier molecular flexibility index (Phi) is 6.06. The van der Waals surface area contributed by atoms with Gasteiger partial charge in [0.25, 0.3) is 5.91 Å². The first kappa shape index (κ1) is 16.4. The second-order valence-corrected chi connectivity index (χ2v) is 4.19. The molecule has 7 heteroatoms. The highest BCUT2D eigenvalue weighted by Crippen LogP contribution is 2.18. The van der Waals surface area contributed by atoms with E-state index in [-0.39, 0.29) is 0 Å². The molecule has 0 aliphatic heterocycles. The number of hydrogen-bond donors (Lipinski definition) is 0. The first-order valence-electron chi connectivity index (χ1n) is 6.03. The van der Waals surface area contributed by atoms with Gasteiger partial charge in [0.1, 0.15) is 0 Å². The third-order valence-electron chi connectivity index (χ3n) is 2.44. The Balaban J connectivity index is 2.89. The van der Waals surface area contributed by atoms with Gasteiger partial charge < -0.3 is 14.4 Å². The summed E-state index contributed by atoms with van der Waals surface area (Å²) >= 11 is 0. The van der Waals surface area contributed by atoms with Crippen molar-refractivity contribution in [1.82, 2.24) is 9.88 Å². The number of rotatable bonds is 5. The molecule has 1 aromatic heterocycles. The molecule has 1 unspecified atom stereocenters. The monoisotopic (exact) mass is 292 g/mol. The zero-order valence-electron chi connectivity index (χ0n) is 12.0. The smallest absolute Gasteiger partial charge is 0.332 e. The Labute approximate surface area is 122 Å². The lowest BCUT2D eigenvalue weighted by molar-refractivity contribution is -0.155. The predicted octanol–water partition coefficient (Wildman–Crippen LogP) is 0.483. The SMILES string of the molecule is COC(=O)/C=C/C(=O)OC(C(=O)N(C)C)c1cccnc1. The van der Waals surface area contributed by atoms with Crippen molar-refractivity contribution in [1.29, 1.82) is 0 Å². The standard InChI is InChI=1S/C14H16N2O5/c1-16(2)14(19)13(10-5-4-8-15-9-10)21-12(18)7-6-11(17)20-3/h4-9,13H,1-3H3/b7-6+. The van der Waals surface area contributed by atoms with E-state index in [0.717, 1.165) is 12.2 Å². The molecule has 0 aromatic carbocycles. The van der Waals surface area contributed by atoms with Crippen LogP contribution in [0.2, 0.25) is 0 Å². The van der Waals surface area contributed by atoms with E-state index in [1.165, 1.54) is 18.2 Å². The van der Waals surface area contributed by atoms with Gasteiger partial charge in [0.05, 0.1) is 7.11 Å². The van der Waals surface area contributed by atoms with Gasteiger partial charge in [0, 0.05) is 44.2 Å². The van der Waals surface area contributed by atoms with E-state index in [4.69, 9.17) is 4.74 Å². The molecular formula is C14H16N2O5. The summed E-state index contributed by atoms with van der Waals surface area (Å²) < 4.78 is 9.45. The number of pyridine rings is 1.